The third kappa shape index (κ3) is 3.37. The molecule has 0 aliphatic carbocycles. The second kappa shape index (κ2) is 6.26. The van der Waals surface area contributed by atoms with Gasteiger partial charge in [-0.2, -0.15) is 0 Å². The van der Waals surface area contributed by atoms with E-state index in [1.807, 2.05) is 24.3 Å². The predicted molar refractivity (Wildman–Crippen MR) is 75.6 cm³/mol. The van der Waals surface area contributed by atoms with E-state index in [9.17, 15) is 0 Å². The van der Waals surface area contributed by atoms with Crippen molar-refractivity contribution in [3.63, 3.8) is 0 Å². The third-order valence-corrected chi connectivity index (χ3v) is 3.11. The number of allylic oxidation sites excluding steroid dienone is 1. The zero-order valence-corrected chi connectivity index (χ0v) is 10.9. The smallest absolute Gasteiger partial charge is 0.118 e. The molecule has 1 N–H and O–H groups in total. The molecule has 0 saturated carbocycles. The lowest BCUT2D eigenvalue weighted by Crippen LogP contribution is -2.42. The molecule has 0 radical (unpaired) electrons. The van der Waals surface area contributed by atoms with Crippen LogP contribution in [0.25, 0.3) is 6.08 Å². The Labute approximate surface area is 109 Å². The quantitative estimate of drug-likeness (QED) is 0.821. The summed E-state index contributed by atoms with van der Waals surface area (Å²) in [5.41, 5.74) is 2.24. The van der Waals surface area contributed by atoms with E-state index in [0.717, 1.165) is 43.2 Å². The molecular formula is C15H20N2O. The van der Waals surface area contributed by atoms with Gasteiger partial charge in [-0.1, -0.05) is 24.8 Å². The van der Waals surface area contributed by atoms with Gasteiger partial charge in [-0.15, -0.1) is 0 Å². The summed E-state index contributed by atoms with van der Waals surface area (Å²) < 4.78 is 5.13. The molecule has 1 aliphatic rings. The van der Waals surface area contributed by atoms with Gasteiger partial charge in [0.1, 0.15) is 5.75 Å². The Kier molecular flexibility index (Phi) is 4.42. The van der Waals surface area contributed by atoms with Crippen LogP contribution in [0.5, 0.6) is 5.75 Å². The largest absolute Gasteiger partial charge is 0.497 e. The zero-order valence-electron chi connectivity index (χ0n) is 10.9. The lowest BCUT2D eigenvalue weighted by molar-refractivity contribution is 0.308. The maximum Gasteiger partial charge on any atom is 0.118 e. The summed E-state index contributed by atoms with van der Waals surface area (Å²) in [7, 11) is 1.68. The number of hydrogen-bond donors (Lipinski definition) is 1. The Morgan fingerprint density at radius 2 is 1.94 bits per heavy atom. The van der Waals surface area contributed by atoms with Gasteiger partial charge in [0.25, 0.3) is 0 Å². The van der Waals surface area contributed by atoms with E-state index >= 15 is 0 Å². The molecule has 2 rings (SSSR count). The van der Waals surface area contributed by atoms with Gasteiger partial charge in [0.15, 0.2) is 0 Å². The number of nitrogens with zero attached hydrogens (tertiary/aromatic N) is 1. The van der Waals surface area contributed by atoms with Gasteiger partial charge in [0.2, 0.25) is 0 Å². The zero-order chi connectivity index (χ0) is 12.8. The van der Waals surface area contributed by atoms with Crippen molar-refractivity contribution in [1.29, 1.82) is 0 Å². The molecule has 0 atom stereocenters. The first-order valence-electron chi connectivity index (χ1n) is 6.26. The fourth-order valence-electron chi connectivity index (χ4n) is 1.96. The van der Waals surface area contributed by atoms with Crippen LogP contribution < -0.4 is 10.1 Å². The molecule has 1 aromatic rings. The number of rotatable bonds is 4. The summed E-state index contributed by atoms with van der Waals surface area (Å²) >= 11 is 0. The van der Waals surface area contributed by atoms with Crippen molar-refractivity contribution < 1.29 is 4.74 Å². The van der Waals surface area contributed by atoms with Crippen LogP contribution >= 0.6 is 0 Å². The molecule has 1 saturated heterocycles. The van der Waals surface area contributed by atoms with E-state index in [2.05, 4.69) is 28.9 Å². The summed E-state index contributed by atoms with van der Waals surface area (Å²) in [6, 6.07) is 8.02. The summed E-state index contributed by atoms with van der Waals surface area (Å²) in [6.07, 6.45) is 4.16. The van der Waals surface area contributed by atoms with E-state index in [4.69, 9.17) is 4.74 Å². The van der Waals surface area contributed by atoms with E-state index in [0.29, 0.717) is 0 Å². The van der Waals surface area contributed by atoms with E-state index in [1.165, 1.54) is 0 Å². The fourth-order valence-corrected chi connectivity index (χ4v) is 1.96. The minimum atomic E-state index is 0.882. The van der Waals surface area contributed by atoms with Crippen molar-refractivity contribution in [3.8, 4) is 5.75 Å². The average Bonchev–Trinajstić information content (AvgIpc) is 2.46. The molecule has 3 heteroatoms. The summed E-state index contributed by atoms with van der Waals surface area (Å²) in [4.78, 5) is 2.30. The van der Waals surface area contributed by atoms with Crippen molar-refractivity contribution in [3.05, 3.63) is 48.2 Å². The highest BCUT2D eigenvalue weighted by molar-refractivity contribution is 5.53. The molecule has 1 aromatic carbocycles. The fraction of sp³-hybridized carbons (Fsp3) is 0.333. The molecular weight excluding hydrogens is 224 g/mol. The van der Waals surface area contributed by atoms with Crippen molar-refractivity contribution in [2.75, 3.05) is 33.3 Å². The molecule has 0 unspecified atom stereocenters. The molecule has 18 heavy (non-hydrogen) atoms. The monoisotopic (exact) mass is 244 g/mol. The average molecular weight is 244 g/mol. The summed E-state index contributed by atoms with van der Waals surface area (Å²) in [6.45, 7) is 8.26. The first-order valence-corrected chi connectivity index (χ1v) is 6.26. The number of benzene rings is 1. The standard InChI is InChI=1S/C15H20N2O/c1-13(17-11-9-16-10-12-17)3-4-14-5-7-15(18-2)8-6-14/h3-8,16H,1,9-12H2,2H3/b4-3+. The number of nitrogens with one attached hydrogen (secondary N) is 1. The first-order chi connectivity index (χ1) is 8.79. The highest BCUT2D eigenvalue weighted by Crippen LogP contribution is 2.14. The van der Waals surface area contributed by atoms with Crippen LogP contribution in [0.1, 0.15) is 5.56 Å². The van der Waals surface area contributed by atoms with Crippen LogP contribution in [0.4, 0.5) is 0 Å². The van der Waals surface area contributed by atoms with E-state index in [-0.39, 0.29) is 0 Å². The van der Waals surface area contributed by atoms with Crippen LogP contribution in [-0.2, 0) is 0 Å². The van der Waals surface area contributed by atoms with Crippen molar-refractivity contribution >= 4 is 6.08 Å². The van der Waals surface area contributed by atoms with E-state index in [1.54, 1.807) is 7.11 Å². The normalized spacial score (nSPS) is 15.9. The second-order valence-electron chi connectivity index (χ2n) is 4.33. The van der Waals surface area contributed by atoms with Crippen LogP contribution in [0.3, 0.4) is 0 Å². The molecule has 0 spiro atoms. The highest BCUT2D eigenvalue weighted by Gasteiger charge is 2.08. The van der Waals surface area contributed by atoms with Gasteiger partial charge in [0, 0.05) is 31.9 Å². The molecule has 96 valence electrons. The van der Waals surface area contributed by atoms with Gasteiger partial charge in [-0.05, 0) is 23.8 Å². The van der Waals surface area contributed by atoms with Crippen molar-refractivity contribution in [2.24, 2.45) is 0 Å². The number of piperazine rings is 1. The SMILES string of the molecule is C=C(/C=C/c1ccc(OC)cc1)N1CCNCC1. The number of ether oxygens (including phenoxy) is 1. The topological polar surface area (TPSA) is 24.5 Å². The second-order valence-corrected chi connectivity index (χ2v) is 4.33. The number of hydrogen-bond acceptors (Lipinski definition) is 3. The number of methoxy groups -OCH3 is 1. The Balaban J connectivity index is 1.94. The minimum Gasteiger partial charge on any atom is -0.497 e. The van der Waals surface area contributed by atoms with Gasteiger partial charge in [-0.3, -0.25) is 0 Å². The molecule has 3 nitrogen and oxygen atoms in total. The van der Waals surface area contributed by atoms with Crippen LogP contribution in [0, 0.1) is 0 Å². The predicted octanol–water partition coefficient (Wildman–Crippen LogP) is 2.13. The van der Waals surface area contributed by atoms with Crippen LogP contribution in [-0.4, -0.2) is 38.2 Å². The van der Waals surface area contributed by atoms with Crippen molar-refractivity contribution in [1.82, 2.24) is 10.2 Å². The lowest BCUT2D eigenvalue weighted by atomic mass is 10.2. The Morgan fingerprint density at radius 3 is 2.56 bits per heavy atom. The van der Waals surface area contributed by atoms with Gasteiger partial charge >= 0.3 is 0 Å². The molecule has 0 amide bonds. The van der Waals surface area contributed by atoms with Gasteiger partial charge in [0.05, 0.1) is 7.11 Å². The van der Waals surface area contributed by atoms with Crippen molar-refractivity contribution in [2.45, 2.75) is 0 Å². The maximum atomic E-state index is 5.13. The molecule has 1 heterocycles. The molecule has 0 bridgehead atoms. The molecule has 0 aromatic heterocycles. The van der Waals surface area contributed by atoms with Crippen LogP contribution in [0.15, 0.2) is 42.6 Å². The summed E-state index contributed by atoms with van der Waals surface area (Å²) in [5, 5.41) is 3.34. The Bertz CT molecular complexity index is 417. The van der Waals surface area contributed by atoms with E-state index < -0.39 is 0 Å². The molecule has 1 aliphatic heterocycles. The third-order valence-electron chi connectivity index (χ3n) is 3.11. The Hall–Kier alpha value is -1.74. The minimum absolute atomic E-state index is 0.882. The Morgan fingerprint density at radius 1 is 1.28 bits per heavy atom. The van der Waals surface area contributed by atoms with Gasteiger partial charge in [-0.25, -0.2) is 0 Å². The van der Waals surface area contributed by atoms with Gasteiger partial charge < -0.3 is 15.0 Å². The highest BCUT2D eigenvalue weighted by atomic mass is 16.5. The lowest BCUT2D eigenvalue weighted by Gasteiger charge is -2.29. The summed E-state index contributed by atoms with van der Waals surface area (Å²) in [5.74, 6) is 0.882. The molecule has 1 fully saturated rings. The van der Waals surface area contributed by atoms with Crippen LogP contribution in [0.2, 0.25) is 0 Å². The maximum absolute atomic E-state index is 5.13. The first kappa shape index (κ1) is 12.7.